The molecule has 1 amide bonds. The molecule has 0 saturated heterocycles. The number of carbonyl (C=O) groups excluding carboxylic acids is 1. The molecule has 1 aromatic carbocycles. The van der Waals surface area contributed by atoms with Crippen LogP contribution in [-0.2, 0) is 24.2 Å². The Bertz CT molecular complexity index is 1210. The van der Waals surface area contributed by atoms with Crippen LogP contribution in [0.1, 0.15) is 35.8 Å². The van der Waals surface area contributed by atoms with E-state index in [4.69, 9.17) is 0 Å². The predicted molar refractivity (Wildman–Crippen MR) is 114 cm³/mol. The first-order valence-corrected chi connectivity index (χ1v) is 11.2. The van der Waals surface area contributed by atoms with Gasteiger partial charge in [0, 0.05) is 23.3 Å². The number of halogens is 1. The van der Waals surface area contributed by atoms with Crippen LogP contribution in [0.15, 0.2) is 46.6 Å². The molecule has 7 nitrogen and oxygen atoms in total. The highest BCUT2D eigenvalue weighted by Gasteiger charge is 2.31. The summed E-state index contributed by atoms with van der Waals surface area (Å²) in [5.74, 6) is 0.213. The van der Waals surface area contributed by atoms with Crippen LogP contribution in [0.2, 0.25) is 0 Å². The Kier molecular flexibility index (Phi) is 5.27. The zero-order valence-electron chi connectivity index (χ0n) is 16.7. The molecule has 3 aromatic rings. The van der Waals surface area contributed by atoms with Crippen LogP contribution < -0.4 is 10.9 Å². The van der Waals surface area contributed by atoms with Crippen LogP contribution in [0.25, 0.3) is 11.3 Å². The summed E-state index contributed by atoms with van der Waals surface area (Å²) in [4.78, 5) is 38.5. The zero-order chi connectivity index (χ0) is 21.4. The van der Waals surface area contributed by atoms with Crippen molar-refractivity contribution >= 4 is 17.7 Å². The number of hydrogen-bond acceptors (Lipinski definition) is 6. The number of nitrogens with one attached hydrogen (secondary N) is 1. The third-order valence-electron chi connectivity index (χ3n) is 5.62. The van der Waals surface area contributed by atoms with E-state index in [9.17, 15) is 14.0 Å². The van der Waals surface area contributed by atoms with Gasteiger partial charge in [0.25, 0.3) is 5.56 Å². The van der Waals surface area contributed by atoms with Gasteiger partial charge in [0.2, 0.25) is 5.91 Å². The lowest BCUT2D eigenvalue weighted by Gasteiger charge is -2.14. The van der Waals surface area contributed by atoms with Gasteiger partial charge in [0.05, 0.1) is 29.7 Å². The fourth-order valence-corrected chi connectivity index (χ4v) is 5.20. The van der Waals surface area contributed by atoms with Crippen LogP contribution in [0.4, 0.5) is 4.39 Å². The maximum atomic E-state index is 13.1. The fourth-order valence-electron chi connectivity index (χ4n) is 4.05. The Morgan fingerprint density at radius 3 is 2.90 bits per heavy atom. The third-order valence-corrected chi connectivity index (χ3v) is 6.72. The summed E-state index contributed by atoms with van der Waals surface area (Å²) < 4.78 is 14.8. The number of amides is 1. The molecule has 1 aliphatic carbocycles. The minimum absolute atomic E-state index is 0.0139. The van der Waals surface area contributed by atoms with Crippen LogP contribution in [0, 0.1) is 5.82 Å². The highest BCUT2D eigenvalue weighted by atomic mass is 32.2. The maximum Gasteiger partial charge on any atom is 0.257 e. The van der Waals surface area contributed by atoms with Gasteiger partial charge in [-0.1, -0.05) is 11.8 Å². The molecule has 0 bridgehead atoms. The maximum absolute atomic E-state index is 13.1. The number of nitrogens with zero attached hydrogens (tertiary/aromatic N) is 4. The molecule has 2 aromatic heterocycles. The first kappa shape index (κ1) is 19.9. The molecule has 31 heavy (non-hydrogen) atoms. The van der Waals surface area contributed by atoms with Crippen LogP contribution >= 0.6 is 11.8 Å². The zero-order valence-corrected chi connectivity index (χ0v) is 17.5. The quantitative estimate of drug-likeness (QED) is 0.618. The summed E-state index contributed by atoms with van der Waals surface area (Å²) in [6, 6.07) is 7.64. The number of aryl methyl sites for hydroxylation is 1. The van der Waals surface area contributed by atoms with Crippen molar-refractivity contribution in [3.8, 4) is 11.3 Å². The number of fused-ring (bicyclic) bond motifs is 2. The summed E-state index contributed by atoms with van der Waals surface area (Å²) in [6.45, 7) is 0.250. The molecule has 1 unspecified atom stereocenters. The second-order valence-electron chi connectivity index (χ2n) is 7.70. The molecule has 0 radical (unpaired) electrons. The molecule has 3 heterocycles. The first-order valence-electron chi connectivity index (χ1n) is 10.2. The lowest BCUT2D eigenvalue weighted by molar-refractivity contribution is -0.121. The van der Waals surface area contributed by atoms with E-state index in [2.05, 4.69) is 20.3 Å². The molecular formula is C22H20FN5O2S. The van der Waals surface area contributed by atoms with Crippen molar-refractivity contribution in [1.82, 2.24) is 24.8 Å². The Hall–Kier alpha value is -3.07. The van der Waals surface area contributed by atoms with Gasteiger partial charge >= 0.3 is 0 Å². The van der Waals surface area contributed by atoms with Gasteiger partial charge in [-0.15, -0.1) is 0 Å². The Balaban J connectivity index is 1.25. The molecule has 0 fully saturated rings. The van der Waals surface area contributed by atoms with Crippen molar-refractivity contribution in [3.63, 3.8) is 0 Å². The van der Waals surface area contributed by atoms with E-state index in [-0.39, 0.29) is 36.3 Å². The lowest BCUT2D eigenvalue weighted by Crippen LogP contribution is -2.32. The number of aromatic nitrogens is 4. The molecule has 0 spiro atoms. The number of rotatable bonds is 5. The molecule has 9 heteroatoms. The third kappa shape index (κ3) is 3.97. The van der Waals surface area contributed by atoms with Crippen molar-refractivity contribution in [2.75, 3.05) is 5.75 Å². The lowest BCUT2D eigenvalue weighted by atomic mass is 10.1. The molecular weight excluding hydrogens is 417 g/mol. The van der Waals surface area contributed by atoms with Crippen LogP contribution in [-0.4, -0.2) is 31.2 Å². The van der Waals surface area contributed by atoms with E-state index in [0.717, 1.165) is 41.2 Å². The van der Waals surface area contributed by atoms with Crippen molar-refractivity contribution < 1.29 is 9.18 Å². The van der Waals surface area contributed by atoms with Crippen molar-refractivity contribution in [2.24, 2.45) is 0 Å². The second-order valence-corrected chi connectivity index (χ2v) is 8.68. The van der Waals surface area contributed by atoms with Gasteiger partial charge in [-0.2, -0.15) is 0 Å². The van der Waals surface area contributed by atoms with E-state index in [1.54, 1.807) is 22.8 Å². The summed E-state index contributed by atoms with van der Waals surface area (Å²) in [7, 11) is 0. The number of thioether (sulfide) groups is 1. The number of benzene rings is 1. The Labute approximate surface area is 182 Å². The van der Waals surface area contributed by atoms with Gasteiger partial charge < -0.3 is 5.32 Å². The van der Waals surface area contributed by atoms with E-state index < -0.39 is 0 Å². The fraction of sp³-hybridized carbons (Fsp3) is 0.318. The molecule has 1 atom stereocenters. The average molecular weight is 438 g/mol. The molecule has 5 rings (SSSR count). The van der Waals surface area contributed by atoms with E-state index >= 15 is 0 Å². The van der Waals surface area contributed by atoms with Crippen molar-refractivity contribution in [2.45, 2.75) is 43.4 Å². The van der Waals surface area contributed by atoms with Gasteiger partial charge in [-0.3, -0.25) is 14.2 Å². The molecule has 2 aliphatic rings. The normalized spacial score (nSPS) is 16.7. The van der Waals surface area contributed by atoms with E-state index in [1.165, 1.54) is 30.2 Å². The summed E-state index contributed by atoms with van der Waals surface area (Å²) in [5.41, 5.74) is 3.84. The van der Waals surface area contributed by atoms with Gasteiger partial charge in [-0.25, -0.2) is 19.3 Å². The summed E-state index contributed by atoms with van der Waals surface area (Å²) in [5, 5.41) is 3.61. The topological polar surface area (TPSA) is 89.8 Å². The Morgan fingerprint density at radius 2 is 2.06 bits per heavy atom. The van der Waals surface area contributed by atoms with Gasteiger partial charge in [-0.05, 0) is 49.6 Å². The van der Waals surface area contributed by atoms with Gasteiger partial charge in [0.1, 0.15) is 12.1 Å². The number of carbonyl (C=O) groups is 1. The van der Waals surface area contributed by atoms with Gasteiger partial charge in [0.15, 0.2) is 5.16 Å². The largest absolute Gasteiger partial charge is 0.350 e. The monoisotopic (exact) mass is 437 g/mol. The SMILES string of the molecule is O=C(CC1CSc2nc3c(c(=O)n21)CCC3)NCc1cc(-c2ccc(F)cc2)ncn1. The average Bonchev–Trinajstić information content (AvgIpc) is 3.41. The van der Waals surface area contributed by atoms with Crippen molar-refractivity contribution in [3.05, 3.63) is 69.8 Å². The van der Waals surface area contributed by atoms with Crippen LogP contribution in [0.3, 0.4) is 0 Å². The minimum Gasteiger partial charge on any atom is -0.350 e. The summed E-state index contributed by atoms with van der Waals surface area (Å²) in [6.07, 6.45) is 4.25. The standard InChI is InChI=1S/C22H20FN5O2S/c23-14-6-4-13(5-7-14)19-8-15(25-12-26-19)10-24-20(29)9-16-11-31-22-27-18-3-1-2-17(18)21(30)28(16)22/h4-8,12,16H,1-3,9-11H2,(H,24,29). The second kappa shape index (κ2) is 8.22. The van der Waals surface area contributed by atoms with Crippen LogP contribution in [0.5, 0.6) is 0 Å². The highest BCUT2D eigenvalue weighted by molar-refractivity contribution is 7.99. The predicted octanol–water partition coefficient (Wildman–Crippen LogP) is 2.68. The molecule has 1 aliphatic heterocycles. The molecule has 158 valence electrons. The Morgan fingerprint density at radius 1 is 1.23 bits per heavy atom. The van der Waals surface area contributed by atoms with E-state index in [0.29, 0.717) is 17.1 Å². The summed E-state index contributed by atoms with van der Waals surface area (Å²) >= 11 is 1.54. The highest BCUT2D eigenvalue weighted by Crippen LogP contribution is 2.33. The molecule has 0 saturated carbocycles. The number of hydrogen-bond donors (Lipinski definition) is 1. The first-order chi connectivity index (χ1) is 15.1. The molecule has 1 N–H and O–H groups in total. The van der Waals surface area contributed by atoms with E-state index in [1.807, 2.05) is 0 Å². The van der Waals surface area contributed by atoms with Crippen molar-refractivity contribution in [1.29, 1.82) is 0 Å². The smallest absolute Gasteiger partial charge is 0.257 e. The minimum atomic E-state index is -0.309.